The fourth-order valence-electron chi connectivity index (χ4n) is 1.74. The molecule has 2 aromatic carbocycles. The molecule has 0 saturated heterocycles. The van der Waals surface area contributed by atoms with E-state index in [4.69, 9.17) is 0 Å². The molecule has 2 rings (SSSR count). The van der Waals surface area contributed by atoms with Crippen molar-refractivity contribution in [2.45, 2.75) is 6.92 Å². The Morgan fingerprint density at radius 2 is 1.35 bits per heavy atom. The van der Waals surface area contributed by atoms with Crippen molar-refractivity contribution in [3.05, 3.63) is 58.7 Å². The number of rotatable bonds is 2. The summed E-state index contributed by atoms with van der Waals surface area (Å²) in [6.45, 7) is 1.07. The summed E-state index contributed by atoms with van der Waals surface area (Å²) < 4.78 is 79.3. The van der Waals surface area contributed by atoms with Crippen molar-refractivity contribution < 1.29 is 26.3 Å². The lowest BCUT2D eigenvalue weighted by Gasteiger charge is -2.09. The number of halogens is 6. The molecule has 7 heteroatoms. The van der Waals surface area contributed by atoms with E-state index in [9.17, 15) is 26.3 Å². The minimum atomic E-state index is -1.46. The Morgan fingerprint density at radius 3 is 2.00 bits per heavy atom. The van der Waals surface area contributed by atoms with Gasteiger partial charge in [-0.1, -0.05) is 0 Å². The molecule has 0 amide bonds. The summed E-state index contributed by atoms with van der Waals surface area (Å²) >= 11 is 0. The van der Waals surface area contributed by atoms with Crippen LogP contribution in [0.2, 0.25) is 0 Å². The van der Waals surface area contributed by atoms with E-state index in [0.29, 0.717) is 19.4 Å². The molecule has 0 unspecified atom stereocenters. The van der Waals surface area contributed by atoms with Crippen LogP contribution in [-0.4, -0.2) is 7.28 Å². The molecule has 0 heterocycles. The fraction of sp³-hybridized carbons (Fsp3) is 0.0769. The van der Waals surface area contributed by atoms with Crippen molar-refractivity contribution in [2.75, 3.05) is 0 Å². The predicted molar refractivity (Wildman–Crippen MR) is 62.4 cm³/mol. The fourth-order valence-corrected chi connectivity index (χ4v) is 1.74. The zero-order chi connectivity index (χ0) is 15.0. The van der Waals surface area contributed by atoms with Gasteiger partial charge < -0.3 is 0 Å². The van der Waals surface area contributed by atoms with E-state index in [1.807, 2.05) is 0 Å². The normalized spacial score (nSPS) is 10.8. The lowest BCUT2D eigenvalue weighted by molar-refractivity contribution is 0.492. The van der Waals surface area contributed by atoms with Crippen LogP contribution in [-0.2, 0) is 0 Å². The third kappa shape index (κ3) is 2.52. The molecule has 0 aromatic heterocycles. The average molecular weight is 287 g/mol. The van der Waals surface area contributed by atoms with Crippen LogP contribution in [0.3, 0.4) is 0 Å². The Bertz CT molecular complexity index is 683. The first-order chi connectivity index (χ1) is 9.31. The topological polar surface area (TPSA) is 0 Å². The molecule has 0 atom stereocenters. The van der Waals surface area contributed by atoms with Crippen LogP contribution in [0, 0.1) is 41.8 Å². The van der Waals surface area contributed by atoms with E-state index in [2.05, 4.69) is 0 Å². The summed E-state index contributed by atoms with van der Waals surface area (Å²) in [4.78, 5) is 0. The van der Waals surface area contributed by atoms with Gasteiger partial charge in [-0.3, -0.25) is 0 Å². The second kappa shape index (κ2) is 5.23. The van der Waals surface area contributed by atoms with Crippen molar-refractivity contribution in [3.8, 4) is 0 Å². The van der Waals surface area contributed by atoms with Crippen LogP contribution in [0.25, 0.3) is 0 Å². The first-order valence-electron chi connectivity index (χ1n) is 5.44. The van der Waals surface area contributed by atoms with Crippen LogP contribution < -0.4 is 10.9 Å². The van der Waals surface area contributed by atoms with Gasteiger partial charge in [-0.05, 0) is 29.5 Å². The van der Waals surface area contributed by atoms with Crippen LogP contribution in [0.5, 0.6) is 0 Å². The van der Waals surface area contributed by atoms with Gasteiger partial charge in [0.05, 0.1) is 0 Å². The first-order valence-corrected chi connectivity index (χ1v) is 5.44. The van der Waals surface area contributed by atoms with Crippen molar-refractivity contribution in [1.29, 1.82) is 0 Å². The Morgan fingerprint density at radius 1 is 0.750 bits per heavy atom. The highest BCUT2D eigenvalue weighted by atomic mass is 19.2. The molecule has 0 spiro atoms. The highest BCUT2D eigenvalue weighted by Gasteiger charge is 2.20. The summed E-state index contributed by atoms with van der Waals surface area (Å²) in [5, 5.41) is 0. The standard InChI is InChI=1S/C13H6BF6/c1-5-11(8(16)4-10(18)12(5)19)14-7-2-6(15)3-9(17)13(7)20/h2-4H,1H3. The van der Waals surface area contributed by atoms with Gasteiger partial charge in [0.25, 0.3) is 0 Å². The molecule has 0 aliphatic heterocycles. The molecular formula is C13H6BF6. The van der Waals surface area contributed by atoms with Gasteiger partial charge in [0, 0.05) is 12.1 Å². The largest absolute Gasteiger partial charge is 0.207 e. The Kier molecular flexibility index (Phi) is 3.79. The van der Waals surface area contributed by atoms with Gasteiger partial charge in [0.1, 0.15) is 11.6 Å². The molecule has 0 fully saturated rings. The quantitative estimate of drug-likeness (QED) is 0.452. The maximum atomic E-state index is 13.6. The smallest absolute Gasteiger partial charge is 0.200 e. The predicted octanol–water partition coefficient (Wildman–Crippen LogP) is 2.48. The maximum absolute atomic E-state index is 13.6. The lowest BCUT2D eigenvalue weighted by atomic mass is 9.62. The molecule has 0 aliphatic carbocycles. The minimum absolute atomic E-state index is 0.279. The molecule has 0 bridgehead atoms. The molecule has 0 nitrogen and oxygen atoms in total. The van der Waals surface area contributed by atoms with E-state index in [0.717, 1.165) is 6.92 Å². The van der Waals surface area contributed by atoms with Crippen molar-refractivity contribution >= 4 is 18.2 Å². The molecule has 0 aliphatic rings. The van der Waals surface area contributed by atoms with Crippen molar-refractivity contribution in [1.82, 2.24) is 0 Å². The van der Waals surface area contributed by atoms with E-state index >= 15 is 0 Å². The van der Waals surface area contributed by atoms with Crippen LogP contribution in [0.15, 0.2) is 18.2 Å². The molecule has 2 aromatic rings. The summed E-state index contributed by atoms with van der Waals surface area (Å²) in [5.41, 5.74) is -1.50. The van der Waals surface area contributed by atoms with E-state index < -0.39 is 51.4 Å². The SMILES string of the molecule is Cc1c(F)c(F)cc(F)c1[B]c1cc(F)cc(F)c1F. The molecule has 1 radical (unpaired) electrons. The first kappa shape index (κ1) is 14.5. The second-order valence-electron chi connectivity index (χ2n) is 4.13. The van der Waals surface area contributed by atoms with Crippen LogP contribution >= 0.6 is 0 Å². The number of benzene rings is 2. The molecular weight excluding hydrogens is 281 g/mol. The Balaban J connectivity index is 2.54. The second-order valence-corrected chi connectivity index (χ2v) is 4.13. The summed E-state index contributed by atoms with van der Waals surface area (Å²) in [5.74, 6) is -7.81. The third-order valence-electron chi connectivity index (χ3n) is 2.77. The monoisotopic (exact) mass is 287 g/mol. The van der Waals surface area contributed by atoms with Gasteiger partial charge in [0.2, 0.25) is 0 Å². The summed E-state index contributed by atoms with van der Waals surface area (Å²) in [7, 11) is 0.717. The van der Waals surface area contributed by atoms with Crippen LogP contribution in [0.4, 0.5) is 26.3 Å². The van der Waals surface area contributed by atoms with Gasteiger partial charge in [-0.15, -0.1) is 0 Å². The van der Waals surface area contributed by atoms with E-state index in [1.165, 1.54) is 0 Å². The van der Waals surface area contributed by atoms with Gasteiger partial charge in [0.15, 0.2) is 30.5 Å². The van der Waals surface area contributed by atoms with Crippen molar-refractivity contribution in [3.63, 3.8) is 0 Å². The van der Waals surface area contributed by atoms with Gasteiger partial charge in [-0.2, -0.15) is 0 Å². The summed E-state index contributed by atoms with van der Waals surface area (Å²) in [6, 6.07) is 1.22. The zero-order valence-electron chi connectivity index (χ0n) is 10.1. The minimum Gasteiger partial charge on any atom is -0.207 e. The van der Waals surface area contributed by atoms with Gasteiger partial charge >= 0.3 is 0 Å². The number of hydrogen-bond acceptors (Lipinski definition) is 0. The van der Waals surface area contributed by atoms with E-state index in [-0.39, 0.29) is 6.07 Å². The maximum Gasteiger partial charge on any atom is 0.200 e. The molecule has 103 valence electrons. The average Bonchev–Trinajstić information content (AvgIpc) is 2.37. The highest BCUT2D eigenvalue weighted by Crippen LogP contribution is 2.12. The Hall–Kier alpha value is -1.92. The van der Waals surface area contributed by atoms with E-state index in [1.54, 1.807) is 0 Å². The zero-order valence-corrected chi connectivity index (χ0v) is 10.1. The number of hydrogen-bond donors (Lipinski definition) is 0. The van der Waals surface area contributed by atoms with Crippen LogP contribution in [0.1, 0.15) is 5.56 Å². The lowest BCUT2D eigenvalue weighted by Crippen LogP contribution is -2.35. The summed E-state index contributed by atoms with van der Waals surface area (Å²) in [6.07, 6.45) is 0. The Labute approximate surface area is 111 Å². The highest BCUT2D eigenvalue weighted by molar-refractivity contribution is 6.67. The molecule has 20 heavy (non-hydrogen) atoms. The molecule has 0 saturated carbocycles. The molecule has 0 N–H and O–H groups in total. The third-order valence-corrected chi connectivity index (χ3v) is 2.77. The van der Waals surface area contributed by atoms with Gasteiger partial charge in [-0.25, -0.2) is 26.3 Å². The van der Waals surface area contributed by atoms with Crippen molar-refractivity contribution in [2.24, 2.45) is 0 Å².